The van der Waals surface area contributed by atoms with Crippen LogP contribution in [0.1, 0.15) is 31.9 Å². The lowest BCUT2D eigenvalue weighted by molar-refractivity contribution is -0.132. The van der Waals surface area contributed by atoms with Crippen LogP contribution in [0.4, 0.5) is 14.9 Å². The predicted molar refractivity (Wildman–Crippen MR) is 140 cm³/mol. The largest absolute Gasteiger partial charge is 0.495 e. The molecule has 0 bridgehead atoms. The topological polar surface area (TPSA) is 91.0 Å². The van der Waals surface area contributed by atoms with E-state index in [0.29, 0.717) is 37.4 Å². The van der Waals surface area contributed by atoms with E-state index in [2.05, 4.69) is 10.6 Å². The second kappa shape index (κ2) is 10.1. The van der Waals surface area contributed by atoms with Crippen molar-refractivity contribution in [1.29, 1.82) is 0 Å². The first kappa shape index (κ1) is 26.6. The lowest BCUT2D eigenvalue weighted by atomic mass is 9.89. The molecule has 2 aliphatic heterocycles. The van der Waals surface area contributed by atoms with Crippen molar-refractivity contribution in [1.82, 2.24) is 15.5 Å². The fourth-order valence-electron chi connectivity index (χ4n) is 4.75. The molecule has 2 aromatic rings. The van der Waals surface area contributed by atoms with Gasteiger partial charge in [0.15, 0.2) is 0 Å². The number of halogens is 2. The summed E-state index contributed by atoms with van der Waals surface area (Å²) in [5.41, 5.74) is -0.0420. The van der Waals surface area contributed by atoms with Crippen molar-refractivity contribution in [3.05, 3.63) is 64.4 Å². The SMILES string of the molecule is COc1cc(C=CC(=O)N2CCNC[C@@]2(C)Cc2ccc(F)cc2)c(N2C(=O)NC(C)(C)C2=O)cc1Cl. The van der Waals surface area contributed by atoms with Crippen molar-refractivity contribution in [2.45, 2.75) is 38.3 Å². The van der Waals surface area contributed by atoms with E-state index >= 15 is 0 Å². The average Bonchev–Trinajstić information content (AvgIpc) is 3.05. The molecule has 1 atom stereocenters. The maximum atomic E-state index is 13.5. The van der Waals surface area contributed by atoms with Gasteiger partial charge in [0, 0.05) is 31.3 Å². The fourth-order valence-corrected chi connectivity index (χ4v) is 4.99. The van der Waals surface area contributed by atoms with E-state index in [9.17, 15) is 18.8 Å². The quantitative estimate of drug-likeness (QED) is 0.440. The number of piperazine rings is 1. The molecule has 196 valence electrons. The number of benzene rings is 2. The highest BCUT2D eigenvalue weighted by Gasteiger charge is 2.46. The molecule has 4 amide bonds. The normalized spacial score (nSPS) is 21.5. The molecule has 2 aliphatic rings. The van der Waals surface area contributed by atoms with Gasteiger partial charge in [-0.05, 0) is 63.1 Å². The van der Waals surface area contributed by atoms with Crippen LogP contribution in [0.3, 0.4) is 0 Å². The van der Waals surface area contributed by atoms with Gasteiger partial charge in [-0.25, -0.2) is 14.1 Å². The maximum absolute atomic E-state index is 13.5. The van der Waals surface area contributed by atoms with Crippen molar-refractivity contribution >= 4 is 41.2 Å². The van der Waals surface area contributed by atoms with Crippen LogP contribution in [-0.2, 0) is 16.0 Å². The molecule has 8 nitrogen and oxygen atoms in total. The molecule has 2 saturated heterocycles. The van der Waals surface area contributed by atoms with Crippen LogP contribution in [0.2, 0.25) is 5.02 Å². The molecular weight excluding hydrogens is 499 g/mol. The molecule has 0 aromatic heterocycles. The zero-order valence-corrected chi connectivity index (χ0v) is 22.0. The summed E-state index contributed by atoms with van der Waals surface area (Å²) in [6.07, 6.45) is 3.52. The van der Waals surface area contributed by atoms with Crippen LogP contribution in [-0.4, -0.2) is 60.6 Å². The molecule has 4 rings (SSSR count). The van der Waals surface area contributed by atoms with Gasteiger partial charge in [-0.3, -0.25) is 9.59 Å². The summed E-state index contributed by atoms with van der Waals surface area (Å²) in [6.45, 7) is 6.91. The number of urea groups is 1. The van der Waals surface area contributed by atoms with Gasteiger partial charge in [-0.1, -0.05) is 23.7 Å². The molecule has 0 aliphatic carbocycles. The highest BCUT2D eigenvalue weighted by Crippen LogP contribution is 2.36. The van der Waals surface area contributed by atoms with Gasteiger partial charge in [0.2, 0.25) is 5.91 Å². The predicted octanol–water partition coefficient (Wildman–Crippen LogP) is 3.77. The Balaban J connectivity index is 1.65. The van der Waals surface area contributed by atoms with E-state index in [4.69, 9.17) is 16.3 Å². The van der Waals surface area contributed by atoms with Gasteiger partial charge in [-0.15, -0.1) is 0 Å². The molecule has 2 aromatic carbocycles. The van der Waals surface area contributed by atoms with Crippen LogP contribution in [0.25, 0.3) is 6.08 Å². The number of hydrogen-bond donors (Lipinski definition) is 2. The third kappa shape index (κ3) is 5.33. The second-order valence-corrected chi connectivity index (χ2v) is 10.4. The third-order valence-electron chi connectivity index (χ3n) is 6.74. The van der Waals surface area contributed by atoms with Gasteiger partial charge < -0.3 is 20.3 Å². The van der Waals surface area contributed by atoms with Crippen LogP contribution in [0.5, 0.6) is 5.75 Å². The van der Waals surface area contributed by atoms with Crippen molar-refractivity contribution in [2.24, 2.45) is 0 Å². The number of carbonyl (C=O) groups excluding carboxylic acids is 3. The summed E-state index contributed by atoms with van der Waals surface area (Å²) in [6, 6.07) is 8.75. The zero-order chi connectivity index (χ0) is 27.0. The van der Waals surface area contributed by atoms with E-state index < -0.39 is 23.0 Å². The van der Waals surface area contributed by atoms with Gasteiger partial charge >= 0.3 is 6.03 Å². The van der Waals surface area contributed by atoms with E-state index in [1.807, 2.05) is 6.92 Å². The summed E-state index contributed by atoms with van der Waals surface area (Å²) in [7, 11) is 1.46. The first-order valence-electron chi connectivity index (χ1n) is 11.9. The average molecular weight is 529 g/mol. The van der Waals surface area contributed by atoms with E-state index in [1.54, 1.807) is 43.0 Å². The van der Waals surface area contributed by atoms with Crippen molar-refractivity contribution in [3.63, 3.8) is 0 Å². The lowest BCUT2D eigenvalue weighted by Gasteiger charge is -2.45. The molecule has 0 spiro atoms. The number of amides is 4. The minimum atomic E-state index is -1.08. The smallest absolute Gasteiger partial charge is 0.329 e. The Bertz CT molecular complexity index is 1260. The number of ether oxygens (including phenoxy) is 1. The Labute approximate surface area is 220 Å². The van der Waals surface area contributed by atoms with Gasteiger partial charge in [0.05, 0.1) is 23.4 Å². The third-order valence-corrected chi connectivity index (χ3v) is 7.04. The maximum Gasteiger partial charge on any atom is 0.329 e. The molecule has 2 fully saturated rings. The van der Waals surface area contributed by atoms with Gasteiger partial charge in [0.1, 0.15) is 17.1 Å². The molecule has 2 N–H and O–H groups in total. The number of hydrogen-bond acceptors (Lipinski definition) is 5. The lowest BCUT2D eigenvalue weighted by Crippen LogP contribution is -2.62. The number of nitrogens with zero attached hydrogens (tertiary/aromatic N) is 2. The Hall–Kier alpha value is -3.43. The van der Waals surface area contributed by atoms with Crippen LogP contribution in [0, 0.1) is 5.82 Å². The first-order chi connectivity index (χ1) is 17.4. The molecule has 0 unspecified atom stereocenters. The van der Waals surface area contributed by atoms with Crippen LogP contribution in [0.15, 0.2) is 42.5 Å². The number of methoxy groups -OCH3 is 1. The molecular formula is C27H30ClFN4O4. The molecule has 0 saturated carbocycles. The number of carbonyl (C=O) groups is 3. The Kier molecular flexibility index (Phi) is 7.30. The van der Waals surface area contributed by atoms with Crippen LogP contribution < -0.4 is 20.3 Å². The summed E-state index contributed by atoms with van der Waals surface area (Å²) < 4.78 is 18.7. The van der Waals surface area contributed by atoms with Crippen LogP contribution >= 0.6 is 11.6 Å². The van der Waals surface area contributed by atoms with Crippen molar-refractivity contribution in [3.8, 4) is 5.75 Å². The van der Waals surface area contributed by atoms with E-state index in [1.165, 1.54) is 31.4 Å². The van der Waals surface area contributed by atoms with E-state index in [-0.39, 0.29) is 22.4 Å². The zero-order valence-electron chi connectivity index (χ0n) is 21.2. The second-order valence-electron chi connectivity index (χ2n) is 10.0. The minimum Gasteiger partial charge on any atom is -0.495 e. The van der Waals surface area contributed by atoms with Gasteiger partial charge in [-0.2, -0.15) is 0 Å². The Morgan fingerprint density at radius 2 is 1.89 bits per heavy atom. The Morgan fingerprint density at radius 3 is 2.51 bits per heavy atom. The highest BCUT2D eigenvalue weighted by atomic mass is 35.5. The molecule has 37 heavy (non-hydrogen) atoms. The number of anilines is 1. The first-order valence-corrected chi connectivity index (χ1v) is 12.3. The summed E-state index contributed by atoms with van der Waals surface area (Å²) in [4.78, 5) is 41.9. The summed E-state index contributed by atoms with van der Waals surface area (Å²) >= 11 is 6.33. The molecule has 0 radical (unpaired) electrons. The number of nitrogens with one attached hydrogen (secondary N) is 2. The summed E-state index contributed by atoms with van der Waals surface area (Å²) in [5, 5.41) is 6.22. The van der Waals surface area contributed by atoms with Gasteiger partial charge in [0.25, 0.3) is 5.91 Å². The number of imide groups is 1. The highest BCUT2D eigenvalue weighted by molar-refractivity contribution is 6.33. The van der Waals surface area contributed by atoms with E-state index in [0.717, 1.165) is 10.5 Å². The molecule has 2 heterocycles. The minimum absolute atomic E-state index is 0.222. The fraction of sp³-hybridized carbons (Fsp3) is 0.370. The molecule has 10 heteroatoms. The van der Waals surface area contributed by atoms with Crippen molar-refractivity contribution in [2.75, 3.05) is 31.6 Å². The Morgan fingerprint density at radius 1 is 1.19 bits per heavy atom. The summed E-state index contributed by atoms with van der Waals surface area (Å²) in [5.74, 6) is -0.640. The monoisotopic (exact) mass is 528 g/mol. The standard InChI is InChI=1S/C27H30ClFN4O4/c1-26(2)24(35)33(25(36)31-26)21-14-20(28)22(37-4)13-18(21)7-10-23(34)32-12-11-30-16-27(32,3)15-17-5-8-19(29)9-6-17/h5-10,13-14,30H,11-12,15-16H2,1-4H3,(H,31,36)/t27-/m1/s1. The van der Waals surface area contributed by atoms with Crippen molar-refractivity contribution < 1.29 is 23.5 Å². The number of rotatable bonds is 6.